The first-order chi connectivity index (χ1) is 11.4. The first-order valence-corrected chi connectivity index (χ1v) is 7.90. The van der Waals surface area contributed by atoms with Gasteiger partial charge in [-0.15, -0.1) is 0 Å². The van der Waals surface area contributed by atoms with Crippen molar-refractivity contribution in [3.05, 3.63) is 38.7 Å². The van der Waals surface area contributed by atoms with Crippen LogP contribution in [0.25, 0.3) is 11.0 Å². The van der Waals surface area contributed by atoms with Gasteiger partial charge in [-0.2, -0.15) is 0 Å². The number of fused-ring (bicyclic) bond motifs is 1. The van der Waals surface area contributed by atoms with E-state index in [2.05, 4.69) is 4.98 Å². The van der Waals surface area contributed by atoms with E-state index in [0.717, 1.165) is 11.0 Å². The van der Waals surface area contributed by atoms with E-state index in [1.165, 1.54) is 23.9 Å². The maximum Gasteiger partial charge on any atom is 0.332 e. The Kier molecular flexibility index (Phi) is 4.23. The Morgan fingerprint density at radius 2 is 2.08 bits per heavy atom. The summed E-state index contributed by atoms with van der Waals surface area (Å²) in [6.45, 7) is 3.55. The highest BCUT2D eigenvalue weighted by Gasteiger charge is 2.25. The SMILES string of the molecule is CC[C@H]1CN(C(=O)c2cnc3c(c2)c(=O)n(C)c(=O)n3C)CCO1. The number of carbonyl (C=O) groups is 1. The summed E-state index contributed by atoms with van der Waals surface area (Å²) in [5.74, 6) is -0.179. The van der Waals surface area contributed by atoms with Crippen LogP contribution in [0.3, 0.4) is 0 Å². The molecule has 0 bridgehead atoms. The lowest BCUT2D eigenvalue weighted by Crippen LogP contribution is -2.45. The lowest BCUT2D eigenvalue weighted by Gasteiger charge is -2.32. The highest BCUT2D eigenvalue weighted by Crippen LogP contribution is 2.14. The number of hydrogen-bond donors (Lipinski definition) is 0. The van der Waals surface area contributed by atoms with Crippen molar-refractivity contribution < 1.29 is 9.53 Å². The van der Waals surface area contributed by atoms with Crippen molar-refractivity contribution >= 4 is 16.9 Å². The Bertz CT molecular complexity index is 915. The summed E-state index contributed by atoms with van der Waals surface area (Å²) in [6.07, 6.45) is 2.28. The molecule has 1 amide bonds. The number of amides is 1. The molecule has 0 aliphatic carbocycles. The molecule has 1 aliphatic rings. The predicted octanol–water partition coefficient (Wildman–Crippen LogP) is -0.117. The molecule has 0 saturated carbocycles. The fourth-order valence-electron chi connectivity index (χ4n) is 2.92. The molecule has 1 saturated heterocycles. The molecule has 2 aromatic rings. The van der Waals surface area contributed by atoms with Gasteiger partial charge in [0.2, 0.25) is 0 Å². The molecule has 1 fully saturated rings. The minimum atomic E-state index is -0.455. The van der Waals surface area contributed by atoms with Crippen molar-refractivity contribution in [3.63, 3.8) is 0 Å². The van der Waals surface area contributed by atoms with Crippen LogP contribution >= 0.6 is 0 Å². The fraction of sp³-hybridized carbons (Fsp3) is 0.500. The molecule has 8 heteroatoms. The van der Waals surface area contributed by atoms with Gasteiger partial charge in [-0.3, -0.25) is 18.7 Å². The first kappa shape index (κ1) is 16.4. The molecule has 0 spiro atoms. The maximum absolute atomic E-state index is 12.7. The number of nitrogens with zero attached hydrogens (tertiary/aromatic N) is 4. The van der Waals surface area contributed by atoms with Crippen LogP contribution in [0.5, 0.6) is 0 Å². The second-order valence-corrected chi connectivity index (χ2v) is 5.95. The average molecular weight is 332 g/mol. The highest BCUT2D eigenvalue weighted by atomic mass is 16.5. The Morgan fingerprint density at radius 3 is 2.79 bits per heavy atom. The van der Waals surface area contributed by atoms with E-state index < -0.39 is 11.2 Å². The van der Waals surface area contributed by atoms with E-state index in [1.54, 1.807) is 11.9 Å². The Hall–Kier alpha value is -2.48. The van der Waals surface area contributed by atoms with Crippen LogP contribution < -0.4 is 11.2 Å². The minimum absolute atomic E-state index is 0.0322. The van der Waals surface area contributed by atoms with Crippen LogP contribution in [0, 0.1) is 0 Å². The van der Waals surface area contributed by atoms with Gasteiger partial charge in [0.1, 0.15) is 5.65 Å². The van der Waals surface area contributed by atoms with Gasteiger partial charge in [-0.05, 0) is 12.5 Å². The third-order valence-electron chi connectivity index (χ3n) is 4.42. The molecule has 24 heavy (non-hydrogen) atoms. The Morgan fingerprint density at radius 1 is 1.33 bits per heavy atom. The second-order valence-electron chi connectivity index (χ2n) is 5.95. The molecular formula is C16H20N4O4. The van der Waals surface area contributed by atoms with Gasteiger partial charge in [-0.1, -0.05) is 6.92 Å². The third-order valence-corrected chi connectivity index (χ3v) is 4.42. The van der Waals surface area contributed by atoms with Crippen LogP contribution in [0.1, 0.15) is 23.7 Å². The normalized spacial score (nSPS) is 18.1. The van der Waals surface area contributed by atoms with Crippen LogP contribution in [0.2, 0.25) is 0 Å². The van der Waals surface area contributed by atoms with Crippen molar-refractivity contribution in [1.82, 2.24) is 19.0 Å². The Labute approximate surface area is 138 Å². The molecule has 0 aromatic carbocycles. The molecular weight excluding hydrogens is 312 g/mol. The molecule has 128 valence electrons. The van der Waals surface area contributed by atoms with Crippen molar-refractivity contribution in [1.29, 1.82) is 0 Å². The molecule has 0 radical (unpaired) electrons. The lowest BCUT2D eigenvalue weighted by atomic mass is 10.1. The summed E-state index contributed by atoms with van der Waals surface area (Å²) >= 11 is 0. The number of pyridine rings is 1. The standard InChI is InChI=1S/C16H20N4O4/c1-4-11-9-20(5-6-24-11)14(21)10-7-12-13(17-8-10)18(2)16(23)19(3)15(12)22/h7-8,11H,4-6,9H2,1-3H3/t11-/m0/s1. The number of carbonyl (C=O) groups excluding carboxylic acids is 1. The van der Waals surface area contributed by atoms with Crippen molar-refractivity contribution in [3.8, 4) is 0 Å². The predicted molar refractivity (Wildman–Crippen MR) is 88.2 cm³/mol. The fourth-order valence-corrected chi connectivity index (χ4v) is 2.92. The van der Waals surface area contributed by atoms with Crippen LogP contribution in [0.15, 0.2) is 21.9 Å². The number of aryl methyl sites for hydroxylation is 1. The largest absolute Gasteiger partial charge is 0.375 e. The lowest BCUT2D eigenvalue weighted by molar-refractivity contribution is -0.0226. The molecule has 3 heterocycles. The monoisotopic (exact) mass is 332 g/mol. The Balaban J connectivity index is 2.03. The quantitative estimate of drug-likeness (QED) is 0.765. The van der Waals surface area contributed by atoms with Crippen molar-refractivity contribution in [2.24, 2.45) is 14.1 Å². The van der Waals surface area contributed by atoms with Gasteiger partial charge < -0.3 is 9.64 Å². The summed E-state index contributed by atoms with van der Waals surface area (Å²) < 4.78 is 7.89. The second kappa shape index (κ2) is 6.20. The first-order valence-electron chi connectivity index (χ1n) is 7.90. The highest BCUT2D eigenvalue weighted by molar-refractivity contribution is 5.96. The van der Waals surface area contributed by atoms with E-state index in [0.29, 0.717) is 25.3 Å². The van der Waals surface area contributed by atoms with Crippen LogP contribution in [-0.2, 0) is 18.8 Å². The van der Waals surface area contributed by atoms with E-state index >= 15 is 0 Å². The third kappa shape index (κ3) is 2.62. The number of morpholine rings is 1. The van der Waals surface area contributed by atoms with Crippen molar-refractivity contribution in [2.75, 3.05) is 19.7 Å². The molecule has 0 unspecified atom stereocenters. The summed E-state index contributed by atoms with van der Waals surface area (Å²) in [5, 5.41) is 0.255. The van der Waals surface area contributed by atoms with Gasteiger partial charge in [0.25, 0.3) is 11.5 Å². The van der Waals surface area contributed by atoms with E-state index in [4.69, 9.17) is 4.74 Å². The van der Waals surface area contributed by atoms with Gasteiger partial charge in [0, 0.05) is 33.4 Å². The van der Waals surface area contributed by atoms with Gasteiger partial charge >= 0.3 is 5.69 Å². The topological polar surface area (TPSA) is 86.4 Å². The van der Waals surface area contributed by atoms with E-state index in [9.17, 15) is 14.4 Å². The zero-order chi connectivity index (χ0) is 17.4. The summed E-state index contributed by atoms with van der Waals surface area (Å²) in [5.41, 5.74) is -0.287. The molecule has 1 atom stereocenters. The average Bonchev–Trinajstić information content (AvgIpc) is 2.63. The molecule has 1 aliphatic heterocycles. The van der Waals surface area contributed by atoms with E-state index in [1.807, 2.05) is 6.92 Å². The molecule has 0 N–H and O–H groups in total. The number of ether oxygens (including phenoxy) is 1. The minimum Gasteiger partial charge on any atom is -0.375 e. The van der Waals surface area contributed by atoms with E-state index in [-0.39, 0.29) is 23.0 Å². The molecule has 8 nitrogen and oxygen atoms in total. The van der Waals surface area contributed by atoms with Crippen LogP contribution in [-0.4, -0.2) is 50.7 Å². The number of rotatable bonds is 2. The maximum atomic E-state index is 12.7. The smallest absolute Gasteiger partial charge is 0.332 e. The summed E-state index contributed by atoms with van der Waals surface area (Å²) in [4.78, 5) is 42.8. The van der Waals surface area contributed by atoms with Crippen LogP contribution in [0.4, 0.5) is 0 Å². The summed E-state index contributed by atoms with van der Waals surface area (Å²) in [6, 6.07) is 1.52. The number of hydrogen-bond acceptors (Lipinski definition) is 5. The zero-order valence-electron chi connectivity index (χ0n) is 14.0. The number of aromatic nitrogens is 3. The van der Waals surface area contributed by atoms with Gasteiger partial charge in [0.15, 0.2) is 0 Å². The molecule has 2 aromatic heterocycles. The van der Waals surface area contributed by atoms with Gasteiger partial charge in [-0.25, -0.2) is 9.78 Å². The summed E-state index contributed by atoms with van der Waals surface area (Å²) in [7, 11) is 2.96. The van der Waals surface area contributed by atoms with Crippen molar-refractivity contribution in [2.45, 2.75) is 19.4 Å². The molecule has 3 rings (SSSR count). The zero-order valence-corrected chi connectivity index (χ0v) is 14.0. The van der Waals surface area contributed by atoms with Gasteiger partial charge in [0.05, 0.1) is 23.7 Å².